The molecule has 1 rings (SSSR count). The second-order valence-electron chi connectivity index (χ2n) is 8.38. The topological polar surface area (TPSA) is 63.3 Å². The summed E-state index contributed by atoms with van der Waals surface area (Å²) in [5, 5.41) is 11.1. The first-order chi connectivity index (χ1) is 10.4. The molecule has 0 saturated heterocycles. The van der Waals surface area contributed by atoms with Crippen molar-refractivity contribution in [2.45, 2.75) is 85.5 Å². The minimum atomic E-state index is -0.320. The molecule has 3 nitrogen and oxygen atoms in total. The fourth-order valence-corrected chi connectivity index (χ4v) is 3.68. The highest BCUT2D eigenvalue weighted by Gasteiger charge is 2.33. The van der Waals surface area contributed by atoms with E-state index in [9.17, 15) is 9.90 Å². The summed E-state index contributed by atoms with van der Waals surface area (Å²) in [6.45, 7) is 16.8. The van der Waals surface area contributed by atoms with Crippen LogP contribution in [-0.4, -0.2) is 11.0 Å². The summed E-state index contributed by atoms with van der Waals surface area (Å²) >= 11 is 0. The zero-order chi connectivity index (χ0) is 18.2. The average molecular weight is 319 g/mol. The lowest BCUT2D eigenvalue weighted by Gasteiger charge is -2.34. The van der Waals surface area contributed by atoms with Crippen LogP contribution in [0.25, 0.3) is 0 Å². The van der Waals surface area contributed by atoms with Crippen molar-refractivity contribution in [1.82, 2.24) is 0 Å². The van der Waals surface area contributed by atoms with Crippen LogP contribution in [0.3, 0.4) is 0 Å². The zero-order valence-corrected chi connectivity index (χ0v) is 16.1. The SMILES string of the molecule is CCc1c(CC(N)=O)c(CC)c(C(C)(C)C)c(O)c1C(C)(C)C. The van der Waals surface area contributed by atoms with E-state index in [1.165, 1.54) is 0 Å². The zero-order valence-electron chi connectivity index (χ0n) is 16.1. The number of carbonyl (C=O) groups is 1. The number of phenols is 1. The summed E-state index contributed by atoms with van der Waals surface area (Å²) < 4.78 is 0. The van der Waals surface area contributed by atoms with Gasteiger partial charge >= 0.3 is 0 Å². The van der Waals surface area contributed by atoms with E-state index in [0.717, 1.165) is 40.7 Å². The molecule has 0 aliphatic carbocycles. The normalized spacial score (nSPS) is 12.5. The number of carbonyl (C=O) groups excluding carboxylic acids is 1. The number of nitrogens with two attached hydrogens (primary N) is 1. The van der Waals surface area contributed by atoms with Crippen LogP contribution in [0, 0.1) is 0 Å². The van der Waals surface area contributed by atoms with Gasteiger partial charge in [0.2, 0.25) is 5.91 Å². The number of hydrogen-bond acceptors (Lipinski definition) is 2. The molecule has 0 saturated carbocycles. The van der Waals surface area contributed by atoms with Crippen LogP contribution >= 0.6 is 0 Å². The third-order valence-corrected chi connectivity index (χ3v) is 4.36. The molecular weight excluding hydrogens is 286 g/mol. The fourth-order valence-electron chi connectivity index (χ4n) is 3.68. The summed E-state index contributed by atoms with van der Waals surface area (Å²) in [7, 11) is 0. The first-order valence-corrected chi connectivity index (χ1v) is 8.54. The standard InChI is InChI=1S/C20H33NO2/c1-9-12-14(11-15(21)22)13(10-2)17(20(6,7)8)18(23)16(12)19(3,4)5/h23H,9-11H2,1-8H3,(H2,21,22). The van der Waals surface area contributed by atoms with Crippen molar-refractivity contribution >= 4 is 5.91 Å². The van der Waals surface area contributed by atoms with E-state index < -0.39 is 0 Å². The van der Waals surface area contributed by atoms with Crippen molar-refractivity contribution in [3.8, 4) is 5.75 Å². The predicted molar refractivity (Wildman–Crippen MR) is 97.2 cm³/mol. The molecule has 3 heteroatoms. The van der Waals surface area contributed by atoms with Crippen LogP contribution in [0.15, 0.2) is 0 Å². The number of phenolic OH excluding ortho intramolecular Hbond substituents is 1. The Morgan fingerprint density at radius 3 is 1.43 bits per heavy atom. The third kappa shape index (κ3) is 3.88. The molecule has 1 aromatic carbocycles. The van der Waals surface area contributed by atoms with Crippen LogP contribution in [-0.2, 0) is 34.9 Å². The number of aromatic hydroxyl groups is 1. The average Bonchev–Trinajstić information content (AvgIpc) is 2.35. The quantitative estimate of drug-likeness (QED) is 0.876. The van der Waals surface area contributed by atoms with Crippen LogP contribution in [0.2, 0.25) is 0 Å². The van der Waals surface area contributed by atoms with Gasteiger partial charge in [0.25, 0.3) is 0 Å². The van der Waals surface area contributed by atoms with Crippen LogP contribution in [0.1, 0.15) is 83.2 Å². The minimum absolute atomic E-state index is 0.200. The summed E-state index contributed by atoms with van der Waals surface area (Å²) in [4.78, 5) is 11.7. The Labute approximate surface area is 141 Å². The molecule has 0 unspecified atom stereocenters. The van der Waals surface area contributed by atoms with E-state index >= 15 is 0 Å². The maximum atomic E-state index is 11.7. The molecule has 0 atom stereocenters. The highest BCUT2D eigenvalue weighted by atomic mass is 16.3. The molecular formula is C20H33NO2. The van der Waals surface area contributed by atoms with Crippen molar-refractivity contribution in [3.63, 3.8) is 0 Å². The molecule has 0 aromatic heterocycles. The van der Waals surface area contributed by atoms with Crippen LogP contribution in [0.5, 0.6) is 5.75 Å². The lowest BCUT2D eigenvalue weighted by Crippen LogP contribution is -2.25. The fraction of sp³-hybridized carbons (Fsp3) is 0.650. The van der Waals surface area contributed by atoms with Gasteiger partial charge in [0.05, 0.1) is 6.42 Å². The molecule has 1 amide bonds. The van der Waals surface area contributed by atoms with Gasteiger partial charge in [-0.3, -0.25) is 4.79 Å². The lowest BCUT2D eigenvalue weighted by atomic mass is 9.71. The van der Waals surface area contributed by atoms with Crippen molar-refractivity contribution in [1.29, 1.82) is 0 Å². The molecule has 23 heavy (non-hydrogen) atoms. The summed E-state index contributed by atoms with van der Waals surface area (Å²) in [6.07, 6.45) is 1.79. The second-order valence-corrected chi connectivity index (χ2v) is 8.38. The van der Waals surface area contributed by atoms with E-state index in [4.69, 9.17) is 5.73 Å². The molecule has 3 N–H and O–H groups in total. The van der Waals surface area contributed by atoms with E-state index in [2.05, 4.69) is 55.4 Å². The Balaban J connectivity index is 4.04. The Bertz CT molecular complexity index is 559. The van der Waals surface area contributed by atoms with Crippen molar-refractivity contribution in [2.24, 2.45) is 5.73 Å². The number of amides is 1. The smallest absolute Gasteiger partial charge is 0.221 e. The Morgan fingerprint density at radius 2 is 1.22 bits per heavy atom. The molecule has 0 spiro atoms. The number of primary amides is 1. The summed E-state index contributed by atoms with van der Waals surface area (Å²) in [5.74, 6) is 0.0757. The van der Waals surface area contributed by atoms with Gasteiger partial charge in [0, 0.05) is 11.1 Å². The van der Waals surface area contributed by atoms with Gasteiger partial charge in [-0.2, -0.15) is 0 Å². The molecule has 0 aliphatic rings. The largest absolute Gasteiger partial charge is 0.507 e. The van der Waals surface area contributed by atoms with Gasteiger partial charge in [-0.25, -0.2) is 0 Å². The van der Waals surface area contributed by atoms with Crippen molar-refractivity contribution in [2.75, 3.05) is 0 Å². The Kier molecular flexibility index (Phi) is 5.56. The maximum absolute atomic E-state index is 11.7. The maximum Gasteiger partial charge on any atom is 0.221 e. The highest BCUT2D eigenvalue weighted by molar-refractivity contribution is 5.78. The van der Waals surface area contributed by atoms with Crippen LogP contribution in [0.4, 0.5) is 0 Å². The third-order valence-electron chi connectivity index (χ3n) is 4.36. The first kappa shape index (κ1) is 19.5. The number of hydrogen-bond donors (Lipinski definition) is 2. The Morgan fingerprint density at radius 1 is 0.870 bits per heavy atom. The van der Waals surface area contributed by atoms with E-state index in [-0.39, 0.29) is 23.2 Å². The molecule has 0 heterocycles. The lowest BCUT2D eigenvalue weighted by molar-refractivity contribution is -0.117. The molecule has 1 aromatic rings. The molecule has 0 bridgehead atoms. The number of rotatable bonds is 4. The number of benzene rings is 1. The second kappa shape index (κ2) is 6.54. The van der Waals surface area contributed by atoms with Gasteiger partial charge in [-0.15, -0.1) is 0 Å². The molecule has 0 aliphatic heterocycles. The minimum Gasteiger partial charge on any atom is -0.507 e. The summed E-state index contributed by atoms with van der Waals surface area (Å²) in [5.41, 5.74) is 10.2. The highest BCUT2D eigenvalue weighted by Crippen LogP contribution is 2.45. The predicted octanol–water partition coefficient (Wildman–Crippen LogP) is 4.14. The molecule has 0 radical (unpaired) electrons. The molecule has 0 fully saturated rings. The van der Waals surface area contributed by atoms with Gasteiger partial charge in [0.1, 0.15) is 5.75 Å². The van der Waals surface area contributed by atoms with Gasteiger partial charge in [-0.05, 0) is 40.4 Å². The van der Waals surface area contributed by atoms with Gasteiger partial charge < -0.3 is 10.8 Å². The van der Waals surface area contributed by atoms with E-state index in [0.29, 0.717) is 5.75 Å². The first-order valence-electron chi connectivity index (χ1n) is 8.54. The van der Waals surface area contributed by atoms with E-state index in [1.54, 1.807) is 0 Å². The van der Waals surface area contributed by atoms with Gasteiger partial charge in [0.15, 0.2) is 0 Å². The van der Waals surface area contributed by atoms with E-state index in [1.807, 2.05) is 0 Å². The van der Waals surface area contributed by atoms with Gasteiger partial charge in [-0.1, -0.05) is 55.4 Å². The Hall–Kier alpha value is -1.51. The van der Waals surface area contributed by atoms with Crippen molar-refractivity contribution < 1.29 is 9.90 Å². The van der Waals surface area contributed by atoms with Crippen molar-refractivity contribution in [3.05, 3.63) is 27.8 Å². The molecule has 130 valence electrons. The monoisotopic (exact) mass is 319 g/mol. The van der Waals surface area contributed by atoms with Crippen LogP contribution < -0.4 is 5.73 Å². The summed E-state index contributed by atoms with van der Waals surface area (Å²) in [6, 6.07) is 0.